The molecule has 0 aromatic heterocycles. The van der Waals surface area contributed by atoms with Crippen LogP contribution in [0, 0.1) is 6.92 Å². The third-order valence-corrected chi connectivity index (χ3v) is 5.74. The smallest absolute Gasteiger partial charge is 0.293 e. The van der Waals surface area contributed by atoms with E-state index >= 15 is 0 Å². The Morgan fingerprint density at radius 2 is 1.90 bits per heavy atom. The highest BCUT2D eigenvalue weighted by Crippen LogP contribution is 2.35. The number of hydrogen-bond donors (Lipinski definition) is 1. The lowest BCUT2D eigenvalue weighted by atomic mass is 10.0. The molecule has 1 N–H and O–H groups in total. The van der Waals surface area contributed by atoms with Gasteiger partial charge in [0.25, 0.3) is 11.1 Å². The highest BCUT2D eigenvalue weighted by atomic mass is 32.2. The first-order valence-corrected chi connectivity index (χ1v) is 11.1. The normalized spacial score (nSPS) is 15.3. The molecule has 1 aliphatic rings. The molecule has 0 bridgehead atoms. The first-order chi connectivity index (χ1) is 14.8. The molecule has 0 spiro atoms. The number of ether oxygens (including phenoxy) is 2. The van der Waals surface area contributed by atoms with Gasteiger partial charge in [0.15, 0.2) is 0 Å². The molecular weight excluding hydrogens is 414 g/mol. The second-order valence-electron chi connectivity index (χ2n) is 7.53. The van der Waals surface area contributed by atoms with Crippen molar-refractivity contribution in [2.45, 2.75) is 33.6 Å². The van der Waals surface area contributed by atoms with E-state index in [-0.39, 0.29) is 29.0 Å². The number of phenols is 1. The summed E-state index contributed by atoms with van der Waals surface area (Å²) in [6, 6.07) is 10.8. The van der Waals surface area contributed by atoms with Gasteiger partial charge in [-0.15, -0.1) is 0 Å². The van der Waals surface area contributed by atoms with Crippen molar-refractivity contribution in [1.82, 2.24) is 4.90 Å². The van der Waals surface area contributed by atoms with Crippen LogP contribution in [-0.2, 0) is 4.79 Å². The summed E-state index contributed by atoms with van der Waals surface area (Å²) >= 11 is 0.852. The summed E-state index contributed by atoms with van der Waals surface area (Å²) in [5.41, 5.74) is 2.60. The minimum Gasteiger partial charge on any atom is -0.507 e. The van der Waals surface area contributed by atoms with E-state index in [1.165, 1.54) is 17.0 Å². The van der Waals surface area contributed by atoms with Gasteiger partial charge in [-0.25, -0.2) is 0 Å². The molecule has 1 heterocycles. The van der Waals surface area contributed by atoms with Gasteiger partial charge in [0.2, 0.25) is 0 Å². The van der Waals surface area contributed by atoms with Crippen LogP contribution in [0.25, 0.3) is 6.08 Å². The number of carbonyl (C=O) groups excluding carboxylic acids is 2. The van der Waals surface area contributed by atoms with Crippen LogP contribution in [0.4, 0.5) is 4.79 Å². The molecule has 31 heavy (non-hydrogen) atoms. The zero-order valence-corrected chi connectivity index (χ0v) is 19.0. The molecule has 2 aromatic rings. The second-order valence-corrected chi connectivity index (χ2v) is 8.52. The van der Waals surface area contributed by atoms with E-state index in [2.05, 4.69) is 13.8 Å². The molecule has 3 rings (SSSR count). The van der Waals surface area contributed by atoms with E-state index in [0.29, 0.717) is 23.8 Å². The molecule has 1 aliphatic heterocycles. The number of benzene rings is 2. The lowest BCUT2D eigenvalue weighted by Gasteiger charge is -2.17. The maximum atomic E-state index is 12.8. The number of imide groups is 1. The Labute approximate surface area is 186 Å². The summed E-state index contributed by atoms with van der Waals surface area (Å²) in [5, 5.41) is 9.75. The van der Waals surface area contributed by atoms with Crippen LogP contribution >= 0.6 is 11.8 Å². The van der Waals surface area contributed by atoms with Gasteiger partial charge in [-0.05, 0) is 73.0 Å². The number of rotatable bonds is 8. The first-order valence-electron chi connectivity index (χ1n) is 10.2. The molecule has 7 heteroatoms. The van der Waals surface area contributed by atoms with Crippen molar-refractivity contribution in [1.29, 1.82) is 0 Å². The number of aromatic hydroxyl groups is 1. The quantitative estimate of drug-likeness (QED) is 0.558. The lowest BCUT2D eigenvalue weighted by Crippen LogP contribution is -2.32. The summed E-state index contributed by atoms with van der Waals surface area (Å²) in [4.78, 5) is 26.6. The van der Waals surface area contributed by atoms with Gasteiger partial charge in [0, 0.05) is 5.56 Å². The molecule has 1 fully saturated rings. The Morgan fingerprint density at radius 3 is 2.61 bits per heavy atom. The standard InChI is InChI=1S/C24H27NO5S/c1-5-29-18-7-9-20(26)17(13-18)14-22-23(27)25(24(28)31-22)10-11-30-21-12-16(4)6-8-19(21)15(2)3/h6-9,12-15,26H,5,10-11H2,1-4H3/b22-14-. The highest BCUT2D eigenvalue weighted by molar-refractivity contribution is 8.18. The predicted octanol–water partition coefficient (Wildman–Crippen LogP) is 5.34. The van der Waals surface area contributed by atoms with E-state index in [4.69, 9.17) is 9.47 Å². The van der Waals surface area contributed by atoms with Gasteiger partial charge in [0.1, 0.15) is 23.9 Å². The average Bonchev–Trinajstić information content (AvgIpc) is 2.98. The Kier molecular flexibility index (Phi) is 7.28. The van der Waals surface area contributed by atoms with Crippen LogP contribution in [0.15, 0.2) is 41.3 Å². The molecular formula is C24H27NO5S. The number of hydrogen-bond acceptors (Lipinski definition) is 6. The maximum absolute atomic E-state index is 12.8. The average molecular weight is 442 g/mol. The molecule has 2 aromatic carbocycles. The Bertz CT molecular complexity index is 1020. The summed E-state index contributed by atoms with van der Waals surface area (Å²) in [5.74, 6) is 1.27. The zero-order valence-electron chi connectivity index (χ0n) is 18.2. The third kappa shape index (κ3) is 5.41. The molecule has 0 radical (unpaired) electrons. The Morgan fingerprint density at radius 1 is 1.13 bits per heavy atom. The van der Waals surface area contributed by atoms with Crippen LogP contribution in [0.3, 0.4) is 0 Å². The number of phenolic OH excluding ortho intramolecular Hbond substituents is 1. The van der Waals surface area contributed by atoms with Gasteiger partial charge in [-0.3, -0.25) is 14.5 Å². The van der Waals surface area contributed by atoms with Crippen molar-refractivity contribution in [2.24, 2.45) is 0 Å². The van der Waals surface area contributed by atoms with E-state index in [0.717, 1.165) is 28.6 Å². The van der Waals surface area contributed by atoms with Gasteiger partial charge >= 0.3 is 0 Å². The molecule has 2 amide bonds. The van der Waals surface area contributed by atoms with E-state index < -0.39 is 5.91 Å². The van der Waals surface area contributed by atoms with E-state index in [1.807, 2.05) is 32.0 Å². The monoisotopic (exact) mass is 441 g/mol. The second kappa shape index (κ2) is 9.92. The van der Waals surface area contributed by atoms with E-state index in [1.54, 1.807) is 12.1 Å². The van der Waals surface area contributed by atoms with Crippen molar-refractivity contribution in [3.05, 3.63) is 58.0 Å². The van der Waals surface area contributed by atoms with Crippen LogP contribution < -0.4 is 9.47 Å². The topological polar surface area (TPSA) is 76.1 Å². The summed E-state index contributed by atoms with van der Waals surface area (Å²) in [6.45, 7) is 8.89. The minimum absolute atomic E-state index is 0.0132. The number of nitrogens with zero attached hydrogens (tertiary/aromatic N) is 1. The largest absolute Gasteiger partial charge is 0.507 e. The summed E-state index contributed by atoms with van der Waals surface area (Å²) < 4.78 is 11.4. The predicted molar refractivity (Wildman–Crippen MR) is 123 cm³/mol. The van der Waals surface area contributed by atoms with Crippen molar-refractivity contribution in [3.8, 4) is 17.2 Å². The van der Waals surface area contributed by atoms with Crippen molar-refractivity contribution in [3.63, 3.8) is 0 Å². The van der Waals surface area contributed by atoms with E-state index in [9.17, 15) is 14.7 Å². The molecule has 164 valence electrons. The van der Waals surface area contributed by atoms with Gasteiger partial charge in [-0.2, -0.15) is 0 Å². The number of carbonyl (C=O) groups is 2. The minimum atomic E-state index is -0.395. The Hall–Kier alpha value is -2.93. The van der Waals surface area contributed by atoms with Crippen molar-refractivity contribution >= 4 is 29.0 Å². The maximum Gasteiger partial charge on any atom is 0.293 e. The SMILES string of the molecule is CCOc1ccc(O)c(/C=C2\SC(=O)N(CCOc3cc(C)ccc3C(C)C)C2=O)c1. The highest BCUT2D eigenvalue weighted by Gasteiger charge is 2.35. The number of amides is 2. The fourth-order valence-corrected chi connectivity index (χ4v) is 4.09. The first kappa shape index (κ1) is 22.7. The van der Waals surface area contributed by atoms with Crippen LogP contribution in [0.1, 0.15) is 43.4 Å². The summed E-state index contributed by atoms with van der Waals surface area (Å²) in [6.07, 6.45) is 1.51. The number of thioether (sulfide) groups is 1. The molecule has 0 atom stereocenters. The molecule has 0 aliphatic carbocycles. The summed E-state index contributed by atoms with van der Waals surface area (Å²) in [7, 11) is 0. The molecule has 6 nitrogen and oxygen atoms in total. The van der Waals surface area contributed by atoms with Crippen molar-refractivity contribution in [2.75, 3.05) is 19.8 Å². The van der Waals surface area contributed by atoms with Gasteiger partial charge in [-0.1, -0.05) is 26.0 Å². The van der Waals surface area contributed by atoms with Gasteiger partial charge in [0.05, 0.1) is 18.1 Å². The number of aryl methyl sites for hydroxylation is 1. The van der Waals surface area contributed by atoms with Crippen LogP contribution in [0.5, 0.6) is 17.2 Å². The van der Waals surface area contributed by atoms with Crippen molar-refractivity contribution < 1.29 is 24.2 Å². The van der Waals surface area contributed by atoms with Crippen LogP contribution in [-0.4, -0.2) is 40.9 Å². The fraction of sp³-hybridized carbons (Fsp3) is 0.333. The Balaban J connectivity index is 1.70. The van der Waals surface area contributed by atoms with Gasteiger partial charge < -0.3 is 14.6 Å². The third-order valence-electron chi connectivity index (χ3n) is 4.83. The fourth-order valence-electron chi connectivity index (χ4n) is 3.23. The zero-order chi connectivity index (χ0) is 22.5. The molecule has 0 unspecified atom stereocenters. The lowest BCUT2D eigenvalue weighted by molar-refractivity contribution is -0.123. The molecule has 1 saturated heterocycles. The molecule has 0 saturated carbocycles. The van der Waals surface area contributed by atoms with Crippen LogP contribution in [0.2, 0.25) is 0 Å².